The first-order valence-corrected chi connectivity index (χ1v) is 6.78. The molecule has 0 heterocycles. The summed E-state index contributed by atoms with van der Waals surface area (Å²) >= 11 is 0. The van der Waals surface area contributed by atoms with Crippen LogP contribution in [-0.2, 0) is 4.79 Å². The highest BCUT2D eigenvalue weighted by Gasteiger charge is 2.32. The van der Waals surface area contributed by atoms with Gasteiger partial charge in [0.15, 0.2) is 0 Å². The molecule has 2 saturated carbocycles. The number of carbonyl (C=O) groups excluding carboxylic acids is 1. The molecule has 0 unspecified atom stereocenters. The lowest BCUT2D eigenvalue weighted by Gasteiger charge is -2.28. The highest BCUT2D eigenvalue weighted by Crippen LogP contribution is 2.29. The number of aliphatic hydroxyl groups is 1. The summed E-state index contributed by atoms with van der Waals surface area (Å²) in [5.74, 6) is 0.151. The second-order valence-corrected chi connectivity index (χ2v) is 5.76. The summed E-state index contributed by atoms with van der Waals surface area (Å²) in [7, 11) is 1.99. The molecule has 17 heavy (non-hydrogen) atoms. The number of nitrogens with zero attached hydrogens (tertiary/aromatic N) is 1. The normalized spacial score (nSPS) is 23.0. The van der Waals surface area contributed by atoms with E-state index in [4.69, 9.17) is 0 Å². The molecule has 0 saturated heterocycles. The first-order valence-electron chi connectivity index (χ1n) is 6.78. The first kappa shape index (κ1) is 12.8. The van der Waals surface area contributed by atoms with Crippen LogP contribution < -0.4 is 5.32 Å². The van der Waals surface area contributed by atoms with Crippen LogP contribution in [0.5, 0.6) is 0 Å². The van der Waals surface area contributed by atoms with E-state index in [1.54, 1.807) is 0 Å². The van der Waals surface area contributed by atoms with Gasteiger partial charge >= 0.3 is 0 Å². The van der Waals surface area contributed by atoms with Crippen LogP contribution >= 0.6 is 0 Å². The van der Waals surface area contributed by atoms with Crippen molar-refractivity contribution in [3.8, 4) is 0 Å². The Bertz CT molecular complexity index is 271. The molecule has 2 rings (SSSR count). The summed E-state index contributed by atoms with van der Waals surface area (Å²) in [5, 5.41) is 13.2. The maximum Gasteiger partial charge on any atom is 0.221 e. The third-order valence-corrected chi connectivity index (χ3v) is 3.76. The molecule has 2 aliphatic carbocycles. The Kier molecular flexibility index (Phi) is 4.05. The molecular weight excluding hydrogens is 216 g/mol. The predicted octanol–water partition coefficient (Wildman–Crippen LogP) is 0.892. The lowest BCUT2D eigenvalue weighted by atomic mass is 10.0. The average Bonchev–Trinajstić information content (AvgIpc) is 2.97. The predicted molar refractivity (Wildman–Crippen MR) is 66.7 cm³/mol. The Morgan fingerprint density at radius 3 is 2.65 bits per heavy atom. The van der Waals surface area contributed by atoms with Crippen LogP contribution in [0.25, 0.3) is 0 Å². The van der Waals surface area contributed by atoms with Crippen LogP contribution in [0, 0.1) is 0 Å². The fraction of sp³-hybridized carbons (Fsp3) is 0.923. The van der Waals surface area contributed by atoms with Gasteiger partial charge in [-0.3, -0.25) is 4.79 Å². The molecule has 0 bridgehead atoms. The zero-order valence-electron chi connectivity index (χ0n) is 10.7. The molecule has 2 aliphatic rings. The van der Waals surface area contributed by atoms with E-state index in [0.717, 1.165) is 45.1 Å². The van der Waals surface area contributed by atoms with Gasteiger partial charge in [0.25, 0.3) is 0 Å². The lowest BCUT2D eigenvalue weighted by Crippen LogP contribution is -2.40. The number of hydrogen-bond acceptors (Lipinski definition) is 3. The van der Waals surface area contributed by atoms with Crippen LogP contribution in [0.15, 0.2) is 0 Å². The van der Waals surface area contributed by atoms with Crippen LogP contribution in [0.1, 0.15) is 44.9 Å². The fourth-order valence-electron chi connectivity index (χ4n) is 2.59. The number of amides is 1. The number of carbonyl (C=O) groups is 1. The second kappa shape index (κ2) is 5.36. The highest BCUT2D eigenvalue weighted by atomic mass is 16.3. The highest BCUT2D eigenvalue weighted by molar-refractivity contribution is 5.76. The minimum Gasteiger partial charge on any atom is -0.389 e. The maximum absolute atomic E-state index is 11.5. The molecule has 0 atom stereocenters. The molecule has 0 spiro atoms. The van der Waals surface area contributed by atoms with Crippen LogP contribution in [0.3, 0.4) is 0 Å². The number of likely N-dealkylation sites (N-methyl/N-ethyl adjacent to an activating group) is 1. The van der Waals surface area contributed by atoms with E-state index in [-0.39, 0.29) is 5.91 Å². The maximum atomic E-state index is 11.5. The molecule has 2 N–H and O–H groups in total. The van der Waals surface area contributed by atoms with Crippen molar-refractivity contribution in [2.45, 2.75) is 56.6 Å². The van der Waals surface area contributed by atoms with E-state index >= 15 is 0 Å². The van der Waals surface area contributed by atoms with Gasteiger partial charge in [0.1, 0.15) is 0 Å². The molecule has 4 heteroatoms. The Morgan fingerprint density at radius 1 is 1.41 bits per heavy atom. The van der Waals surface area contributed by atoms with Crippen LogP contribution in [0.2, 0.25) is 0 Å². The van der Waals surface area contributed by atoms with Gasteiger partial charge in [0.2, 0.25) is 5.91 Å². The van der Waals surface area contributed by atoms with Crippen LogP contribution in [-0.4, -0.2) is 47.7 Å². The minimum atomic E-state index is -0.498. The molecule has 98 valence electrons. The van der Waals surface area contributed by atoms with Crippen molar-refractivity contribution in [1.29, 1.82) is 0 Å². The number of hydrogen-bond donors (Lipinski definition) is 2. The van der Waals surface area contributed by atoms with Crippen LogP contribution in [0.4, 0.5) is 0 Å². The standard InChI is InChI=1S/C13H24N2O2/c1-15(10-13(17)7-2-3-8-13)9-6-12(16)14-11-4-5-11/h11,17H,2-10H2,1H3,(H,14,16). The van der Waals surface area contributed by atoms with E-state index in [1.807, 2.05) is 7.05 Å². The van der Waals surface area contributed by atoms with Gasteiger partial charge in [-0.15, -0.1) is 0 Å². The van der Waals surface area contributed by atoms with Gasteiger partial charge in [0.05, 0.1) is 5.60 Å². The molecule has 0 radical (unpaired) electrons. The molecule has 0 aromatic heterocycles. The fourth-order valence-corrected chi connectivity index (χ4v) is 2.59. The molecule has 0 aliphatic heterocycles. The molecule has 0 aromatic carbocycles. The summed E-state index contributed by atoms with van der Waals surface area (Å²) in [6.07, 6.45) is 6.90. The zero-order valence-corrected chi connectivity index (χ0v) is 10.7. The zero-order chi connectivity index (χ0) is 12.3. The van der Waals surface area contributed by atoms with Crippen molar-refractivity contribution in [2.75, 3.05) is 20.1 Å². The second-order valence-electron chi connectivity index (χ2n) is 5.76. The molecular formula is C13H24N2O2. The Labute approximate surface area is 103 Å². The van der Waals surface area contributed by atoms with E-state index < -0.39 is 5.60 Å². The van der Waals surface area contributed by atoms with E-state index in [2.05, 4.69) is 10.2 Å². The SMILES string of the molecule is CN(CCC(=O)NC1CC1)CC1(O)CCCC1. The van der Waals surface area contributed by atoms with Crippen molar-refractivity contribution in [3.63, 3.8) is 0 Å². The van der Waals surface area contributed by atoms with Gasteiger partial charge in [-0.2, -0.15) is 0 Å². The van der Waals surface area contributed by atoms with E-state index in [9.17, 15) is 9.90 Å². The summed E-state index contributed by atoms with van der Waals surface area (Å²) in [5.41, 5.74) is -0.498. The van der Waals surface area contributed by atoms with Gasteiger partial charge in [-0.05, 0) is 32.7 Å². The van der Waals surface area contributed by atoms with E-state index in [0.29, 0.717) is 19.0 Å². The summed E-state index contributed by atoms with van der Waals surface area (Å²) in [6, 6.07) is 0.451. The topological polar surface area (TPSA) is 52.6 Å². The van der Waals surface area contributed by atoms with Crippen molar-refractivity contribution >= 4 is 5.91 Å². The molecule has 0 aromatic rings. The smallest absolute Gasteiger partial charge is 0.221 e. The van der Waals surface area contributed by atoms with Crippen molar-refractivity contribution in [3.05, 3.63) is 0 Å². The van der Waals surface area contributed by atoms with Gasteiger partial charge in [0, 0.05) is 25.6 Å². The number of rotatable bonds is 6. The largest absolute Gasteiger partial charge is 0.389 e. The first-order chi connectivity index (χ1) is 8.07. The van der Waals surface area contributed by atoms with Crippen molar-refractivity contribution in [1.82, 2.24) is 10.2 Å². The van der Waals surface area contributed by atoms with Crippen molar-refractivity contribution in [2.24, 2.45) is 0 Å². The van der Waals surface area contributed by atoms with E-state index in [1.165, 1.54) is 0 Å². The molecule has 4 nitrogen and oxygen atoms in total. The van der Waals surface area contributed by atoms with Gasteiger partial charge in [-0.25, -0.2) is 0 Å². The summed E-state index contributed by atoms with van der Waals surface area (Å²) in [6.45, 7) is 1.44. The van der Waals surface area contributed by atoms with Gasteiger partial charge < -0.3 is 15.3 Å². The Hall–Kier alpha value is -0.610. The van der Waals surface area contributed by atoms with Gasteiger partial charge in [-0.1, -0.05) is 12.8 Å². The third kappa shape index (κ3) is 4.28. The average molecular weight is 240 g/mol. The summed E-state index contributed by atoms with van der Waals surface area (Å²) in [4.78, 5) is 13.6. The lowest BCUT2D eigenvalue weighted by molar-refractivity contribution is -0.121. The minimum absolute atomic E-state index is 0.151. The summed E-state index contributed by atoms with van der Waals surface area (Å²) < 4.78 is 0. The monoisotopic (exact) mass is 240 g/mol. The Morgan fingerprint density at radius 2 is 2.06 bits per heavy atom. The molecule has 2 fully saturated rings. The quantitative estimate of drug-likeness (QED) is 0.725. The van der Waals surface area contributed by atoms with Crippen molar-refractivity contribution < 1.29 is 9.90 Å². The molecule has 1 amide bonds. The third-order valence-electron chi connectivity index (χ3n) is 3.76. The number of nitrogens with one attached hydrogen (secondary N) is 1. The Balaban J connectivity index is 1.62.